The van der Waals surface area contributed by atoms with Gasteiger partial charge in [-0.2, -0.15) is 4.31 Å². The summed E-state index contributed by atoms with van der Waals surface area (Å²) in [6.45, 7) is 0.964. The third kappa shape index (κ3) is 2.63. The molecule has 2 heterocycles. The van der Waals surface area contributed by atoms with Crippen LogP contribution < -0.4 is 0 Å². The monoisotopic (exact) mass is 305 g/mol. The van der Waals surface area contributed by atoms with E-state index >= 15 is 0 Å². The first-order valence-corrected chi connectivity index (χ1v) is 7.29. The molecule has 20 heavy (non-hydrogen) atoms. The van der Waals surface area contributed by atoms with E-state index in [1.165, 1.54) is 6.07 Å². The lowest BCUT2D eigenvalue weighted by molar-refractivity contribution is 0.126. The molecule has 0 radical (unpaired) electrons. The SMILES string of the molecule is CCc1noc2ncc(S(=O)(=O)N(C)CC(F)F)cc12. The minimum absolute atomic E-state index is 0.161. The molecule has 0 aliphatic heterocycles. The second-order valence-corrected chi connectivity index (χ2v) is 6.23. The number of pyridine rings is 1. The molecule has 6 nitrogen and oxygen atoms in total. The topological polar surface area (TPSA) is 76.3 Å². The Morgan fingerprint density at radius 2 is 2.15 bits per heavy atom. The van der Waals surface area contributed by atoms with Crippen molar-refractivity contribution in [3.05, 3.63) is 18.0 Å². The Balaban J connectivity index is 2.46. The molecule has 9 heteroatoms. The number of aromatic nitrogens is 2. The first-order chi connectivity index (χ1) is 9.36. The molecule has 0 saturated carbocycles. The minimum atomic E-state index is -4.01. The highest BCUT2D eigenvalue weighted by molar-refractivity contribution is 7.89. The molecule has 110 valence electrons. The smallest absolute Gasteiger partial charge is 0.258 e. The number of rotatable bonds is 5. The molecule has 0 bridgehead atoms. The van der Waals surface area contributed by atoms with E-state index in [0.717, 1.165) is 13.2 Å². The van der Waals surface area contributed by atoms with E-state index in [1.807, 2.05) is 6.92 Å². The van der Waals surface area contributed by atoms with Crippen LogP contribution in [0.1, 0.15) is 12.6 Å². The van der Waals surface area contributed by atoms with Gasteiger partial charge in [0, 0.05) is 7.05 Å². The summed E-state index contributed by atoms with van der Waals surface area (Å²) in [4.78, 5) is 3.69. The fourth-order valence-electron chi connectivity index (χ4n) is 1.73. The predicted molar refractivity (Wildman–Crippen MR) is 67.0 cm³/mol. The lowest BCUT2D eigenvalue weighted by atomic mass is 10.2. The average Bonchev–Trinajstić information content (AvgIpc) is 2.79. The lowest BCUT2D eigenvalue weighted by Crippen LogP contribution is -2.31. The number of fused-ring (bicyclic) bond motifs is 1. The maximum absolute atomic E-state index is 12.3. The van der Waals surface area contributed by atoms with Gasteiger partial charge in [0.1, 0.15) is 4.90 Å². The highest BCUT2D eigenvalue weighted by Gasteiger charge is 2.25. The van der Waals surface area contributed by atoms with Gasteiger partial charge in [0.25, 0.3) is 12.1 Å². The van der Waals surface area contributed by atoms with Crippen LogP contribution in [0, 0.1) is 0 Å². The molecule has 2 aromatic rings. The van der Waals surface area contributed by atoms with Gasteiger partial charge in [-0.1, -0.05) is 12.1 Å². The number of aryl methyl sites for hydroxylation is 1. The van der Waals surface area contributed by atoms with Crippen LogP contribution in [0.15, 0.2) is 21.7 Å². The molecule has 0 saturated heterocycles. The molecule has 0 unspecified atom stereocenters. The van der Waals surface area contributed by atoms with Crippen LogP contribution in [0.3, 0.4) is 0 Å². The Bertz CT molecular complexity index is 715. The zero-order chi connectivity index (χ0) is 14.9. The lowest BCUT2D eigenvalue weighted by Gasteiger charge is -2.16. The number of hydrogen-bond donors (Lipinski definition) is 0. The number of alkyl halides is 2. The zero-order valence-corrected chi connectivity index (χ0v) is 11.7. The van der Waals surface area contributed by atoms with E-state index in [-0.39, 0.29) is 10.6 Å². The summed E-state index contributed by atoms with van der Waals surface area (Å²) >= 11 is 0. The maximum atomic E-state index is 12.3. The number of halogens is 2. The normalized spacial score (nSPS) is 12.7. The van der Waals surface area contributed by atoms with Crippen LogP contribution in [0.5, 0.6) is 0 Å². The molecule has 0 atom stereocenters. The summed E-state index contributed by atoms with van der Waals surface area (Å²) in [6, 6.07) is 1.34. The largest absolute Gasteiger partial charge is 0.336 e. The Morgan fingerprint density at radius 1 is 1.45 bits per heavy atom. The van der Waals surface area contributed by atoms with Gasteiger partial charge in [-0.25, -0.2) is 22.2 Å². The summed E-state index contributed by atoms with van der Waals surface area (Å²) in [5.74, 6) is 0. The van der Waals surface area contributed by atoms with Gasteiger partial charge in [0.15, 0.2) is 0 Å². The molecule has 2 aromatic heterocycles. The van der Waals surface area contributed by atoms with Crippen molar-refractivity contribution in [3.8, 4) is 0 Å². The van der Waals surface area contributed by atoms with Crippen LogP contribution in [0.4, 0.5) is 8.78 Å². The Kier molecular flexibility index (Phi) is 4.00. The quantitative estimate of drug-likeness (QED) is 0.840. The van der Waals surface area contributed by atoms with Gasteiger partial charge in [0.05, 0.1) is 23.8 Å². The molecule has 0 aliphatic rings. The molecular formula is C11H13F2N3O3S. The highest BCUT2D eigenvalue weighted by atomic mass is 32.2. The molecule has 0 N–H and O–H groups in total. The molecule has 2 rings (SSSR count). The summed E-state index contributed by atoms with van der Waals surface area (Å²) in [6.07, 6.45) is -1.12. The fraction of sp³-hybridized carbons (Fsp3) is 0.455. The Hall–Kier alpha value is -1.61. The van der Waals surface area contributed by atoms with Gasteiger partial charge >= 0.3 is 0 Å². The molecule has 0 aliphatic carbocycles. The van der Waals surface area contributed by atoms with E-state index in [9.17, 15) is 17.2 Å². The second kappa shape index (κ2) is 5.41. The van der Waals surface area contributed by atoms with Crippen LogP contribution in [-0.2, 0) is 16.4 Å². The Labute approximate surface area is 114 Å². The van der Waals surface area contributed by atoms with Crippen molar-refractivity contribution in [2.24, 2.45) is 0 Å². The number of sulfonamides is 1. The molecule has 0 aromatic carbocycles. The predicted octanol–water partition coefficient (Wildman–Crippen LogP) is 1.67. The van der Waals surface area contributed by atoms with Crippen LogP contribution >= 0.6 is 0 Å². The molecule has 0 fully saturated rings. The van der Waals surface area contributed by atoms with Crippen LogP contribution in [-0.4, -0.2) is 42.9 Å². The van der Waals surface area contributed by atoms with E-state index in [4.69, 9.17) is 4.52 Å². The molecular weight excluding hydrogens is 292 g/mol. The van der Waals surface area contributed by atoms with E-state index in [2.05, 4.69) is 10.1 Å². The summed E-state index contributed by atoms with van der Waals surface area (Å²) in [7, 11) is -2.91. The zero-order valence-electron chi connectivity index (χ0n) is 10.9. The third-order valence-electron chi connectivity index (χ3n) is 2.82. The van der Waals surface area contributed by atoms with Crippen LogP contribution in [0.2, 0.25) is 0 Å². The Morgan fingerprint density at radius 3 is 2.75 bits per heavy atom. The summed E-state index contributed by atoms with van der Waals surface area (Å²) in [5, 5.41) is 4.24. The third-order valence-corrected chi connectivity index (χ3v) is 4.61. The van der Waals surface area contributed by atoms with E-state index in [0.29, 0.717) is 21.8 Å². The standard InChI is InChI=1S/C11H13F2N3O3S/c1-3-9-8-4-7(5-14-11(8)19-15-9)20(17,18)16(2)6-10(12)13/h4-5,10H,3,6H2,1-2H3. The van der Waals surface area contributed by atoms with Crippen molar-refractivity contribution < 1.29 is 21.7 Å². The first-order valence-electron chi connectivity index (χ1n) is 5.85. The minimum Gasteiger partial charge on any atom is -0.336 e. The average molecular weight is 305 g/mol. The van der Waals surface area contributed by atoms with Gasteiger partial charge in [0.2, 0.25) is 10.0 Å². The van der Waals surface area contributed by atoms with Crippen molar-refractivity contribution in [1.82, 2.24) is 14.4 Å². The first kappa shape index (κ1) is 14.8. The summed E-state index contributed by atoms with van der Waals surface area (Å²) < 4.78 is 54.4. The van der Waals surface area contributed by atoms with Gasteiger partial charge < -0.3 is 4.52 Å². The van der Waals surface area contributed by atoms with E-state index < -0.39 is 23.0 Å². The molecule has 0 spiro atoms. The van der Waals surface area contributed by atoms with Crippen molar-refractivity contribution in [3.63, 3.8) is 0 Å². The van der Waals surface area contributed by atoms with Crippen LogP contribution in [0.25, 0.3) is 11.1 Å². The highest BCUT2D eigenvalue weighted by Crippen LogP contribution is 2.22. The second-order valence-electron chi connectivity index (χ2n) is 4.18. The van der Waals surface area contributed by atoms with Gasteiger partial charge in [-0.15, -0.1) is 0 Å². The van der Waals surface area contributed by atoms with Gasteiger partial charge in [-0.3, -0.25) is 0 Å². The van der Waals surface area contributed by atoms with E-state index in [1.54, 1.807) is 0 Å². The summed E-state index contributed by atoms with van der Waals surface area (Å²) in [5.41, 5.74) is 0.790. The number of hydrogen-bond acceptors (Lipinski definition) is 5. The van der Waals surface area contributed by atoms with Gasteiger partial charge in [-0.05, 0) is 12.5 Å². The van der Waals surface area contributed by atoms with Crippen molar-refractivity contribution >= 4 is 21.1 Å². The maximum Gasteiger partial charge on any atom is 0.258 e. The van der Waals surface area contributed by atoms with Crippen molar-refractivity contribution in [1.29, 1.82) is 0 Å². The molecule has 0 amide bonds. The van der Waals surface area contributed by atoms with Crippen molar-refractivity contribution in [2.75, 3.05) is 13.6 Å². The van der Waals surface area contributed by atoms with Crippen molar-refractivity contribution in [2.45, 2.75) is 24.7 Å². The fourth-order valence-corrected chi connectivity index (χ4v) is 2.85. The number of nitrogens with zero attached hydrogens (tertiary/aromatic N) is 3.